The third-order valence-corrected chi connectivity index (χ3v) is 4.51. The summed E-state index contributed by atoms with van der Waals surface area (Å²) in [5.74, 6) is 0.518. The second kappa shape index (κ2) is 9.61. The van der Waals surface area contributed by atoms with Gasteiger partial charge in [0.1, 0.15) is 16.5 Å². The lowest BCUT2D eigenvalue weighted by Crippen LogP contribution is -2.11. The number of carbonyl (C=O) groups is 2. The molecular formula is C20H19N3O4S. The molecule has 1 N–H and O–H groups in total. The van der Waals surface area contributed by atoms with E-state index in [0.717, 1.165) is 23.6 Å². The number of benzene rings is 2. The van der Waals surface area contributed by atoms with Crippen LogP contribution in [0.3, 0.4) is 0 Å². The van der Waals surface area contributed by atoms with Crippen molar-refractivity contribution in [2.75, 3.05) is 11.9 Å². The lowest BCUT2D eigenvalue weighted by Gasteiger charge is -2.04. The molecule has 3 aromatic rings. The van der Waals surface area contributed by atoms with Crippen molar-refractivity contribution >= 4 is 28.3 Å². The van der Waals surface area contributed by atoms with Crippen LogP contribution in [0.15, 0.2) is 54.6 Å². The van der Waals surface area contributed by atoms with Crippen LogP contribution in [0.5, 0.6) is 11.5 Å². The van der Waals surface area contributed by atoms with Crippen LogP contribution in [0.2, 0.25) is 0 Å². The van der Waals surface area contributed by atoms with E-state index >= 15 is 0 Å². The fourth-order valence-corrected chi connectivity index (χ4v) is 3.12. The van der Waals surface area contributed by atoms with Crippen LogP contribution in [0.1, 0.15) is 28.7 Å². The highest BCUT2D eigenvalue weighted by Gasteiger charge is 2.11. The first kappa shape index (κ1) is 19.5. The number of anilines is 1. The first-order valence-corrected chi connectivity index (χ1v) is 9.52. The van der Waals surface area contributed by atoms with Gasteiger partial charge in [-0.2, -0.15) is 0 Å². The van der Waals surface area contributed by atoms with Gasteiger partial charge in [-0.25, -0.2) is 0 Å². The summed E-state index contributed by atoms with van der Waals surface area (Å²) in [6.45, 7) is 1.90. The maximum Gasteiger partial charge on any atom is 0.308 e. The van der Waals surface area contributed by atoms with Gasteiger partial charge in [-0.3, -0.25) is 14.9 Å². The van der Waals surface area contributed by atoms with Crippen molar-refractivity contribution in [2.24, 2.45) is 0 Å². The Kier molecular flexibility index (Phi) is 6.69. The van der Waals surface area contributed by atoms with Crippen LogP contribution in [-0.2, 0) is 11.2 Å². The molecule has 0 aliphatic rings. The Morgan fingerprint density at radius 2 is 1.75 bits per heavy atom. The zero-order valence-corrected chi connectivity index (χ0v) is 16.1. The van der Waals surface area contributed by atoms with E-state index in [1.54, 1.807) is 24.3 Å². The number of aryl methyl sites for hydroxylation is 1. The first-order valence-electron chi connectivity index (χ1n) is 8.70. The number of aromatic nitrogens is 2. The van der Waals surface area contributed by atoms with Gasteiger partial charge >= 0.3 is 5.97 Å². The molecule has 1 aromatic heterocycles. The third-order valence-electron chi connectivity index (χ3n) is 3.61. The molecule has 28 heavy (non-hydrogen) atoms. The normalized spacial score (nSPS) is 10.3. The molecule has 144 valence electrons. The molecule has 3 rings (SSSR count). The quantitative estimate of drug-likeness (QED) is 0.354. The second-order valence-corrected chi connectivity index (χ2v) is 6.90. The van der Waals surface area contributed by atoms with E-state index in [9.17, 15) is 9.59 Å². The van der Waals surface area contributed by atoms with Crippen molar-refractivity contribution in [3.05, 3.63) is 65.2 Å². The molecule has 0 unspecified atom stereocenters. The molecule has 0 spiro atoms. The van der Waals surface area contributed by atoms with Gasteiger partial charge in [0, 0.05) is 18.9 Å². The average Bonchev–Trinajstić information content (AvgIpc) is 3.13. The Labute approximate surface area is 166 Å². The Balaban J connectivity index is 1.45. The molecule has 1 heterocycles. The summed E-state index contributed by atoms with van der Waals surface area (Å²) in [6, 6.07) is 15.9. The van der Waals surface area contributed by atoms with Crippen LogP contribution in [-0.4, -0.2) is 28.7 Å². The third kappa shape index (κ3) is 5.88. The summed E-state index contributed by atoms with van der Waals surface area (Å²) in [7, 11) is 0. The van der Waals surface area contributed by atoms with Crippen molar-refractivity contribution in [1.29, 1.82) is 0 Å². The summed E-state index contributed by atoms with van der Waals surface area (Å²) in [4.78, 5) is 23.2. The number of esters is 1. The molecule has 0 aliphatic carbocycles. The van der Waals surface area contributed by atoms with Crippen molar-refractivity contribution in [3.63, 3.8) is 0 Å². The highest BCUT2D eigenvalue weighted by atomic mass is 32.1. The molecule has 0 atom stereocenters. The van der Waals surface area contributed by atoms with E-state index < -0.39 is 5.97 Å². The molecule has 1 amide bonds. The fraction of sp³-hybridized carbons (Fsp3) is 0.200. The Morgan fingerprint density at radius 1 is 1.00 bits per heavy atom. The van der Waals surface area contributed by atoms with Gasteiger partial charge < -0.3 is 9.47 Å². The van der Waals surface area contributed by atoms with E-state index in [1.807, 2.05) is 30.3 Å². The zero-order valence-electron chi connectivity index (χ0n) is 15.3. The van der Waals surface area contributed by atoms with Crippen LogP contribution < -0.4 is 14.8 Å². The minimum atomic E-state index is -0.409. The highest BCUT2D eigenvalue weighted by molar-refractivity contribution is 7.15. The second-order valence-electron chi connectivity index (χ2n) is 5.84. The number of carbonyl (C=O) groups excluding carboxylic acids is 2. The number of nitrogens with one attached hydrogen (secondary N) is 1. The predicted octanol–water partition coefficient (Wildman–Crippen LogP) is 3.73. The summed E-state index contributed by atoms with van der Waals surface area (Å²) in [5, 5.41) is 12.1. The number of ether oxygens (including phenoxy) is 2. The molecule has 8 heteroatoms. The summed E-state index contributed by atoms with van der Waals surface area (Å²) < 4.78 is 10.6. The van der Waals surface area contributed by atoms with Gasteiger partial charge in [0.15, 0.2) is 0 Å². The lowest BCUT2D eigenvalue weighted by molar-refractivity contribution is -0.131. The van der Waals surface area contributed by atoms with E-state index in [2.05, 4.69) is 15.5 Å². The Hall–Kier alpha value is -3.26. The van der Waals surface area contributed by atoms with E-state index in [0.29, 0.717) is 23.1 Å². The number of nitrogens with zero attached hydrogens (tertiary/aromatic N) is 2. The van der Waals surface area contributed by atoms with Gasteiger partial charge in [-0.05, 0) is 42.8 Å². The van der Waals surface area contributed by atoms with E-state index in [-0.39, 0.29) is 5.91 Å². The van der Waals surface area contributed by atoms with Gasteiger partial charge in [-0.15, -0.1) is 10.2 Å². The van der Waals surface area contributed by atoms with Crippen LogP contribution >= 0.6 is 11.3 Å². The van der Waals surface area contributed by atoms with Gasteiger partial charge in [0.25, 0.3) is 5.91 Å². The standard InChI is InChI=1S/C20H19N3O4S/c1-14(24)27-17-11-9-15(10-12-17)19(25)21-20-23-22-18(28-20)8-5-13-26-16-6-3-2-4-7-16/h2-4,6-7,9-12H,5,8,13H2,1H3,(H,21,23,25). The molecular weight excluding hydrogens is 378 g/mol. The molecule has 0 radical (unpaired) electrons. The van der Waals surface area contributed by atoms with Crippen molar-refractivity contribution in [1.82, 2.24) is 10.2 Å². The zero-order chi connectivity index (χ0) is 19.8. The highest BCUT2D eigenvalue weighted by Crippen LogP contribution is 2.19. The Morgan fingerprint density at radius 3 is 2.46 bits per heavy atom. The van der Waals surface area contributed by atoms with Crippen LogP contribution in [0.4, 0.5) is 5.13 Å². The van der Waals surface area contributed by atoms with Crippen LogP contribution in [0.25, 0.3) is 0 Å². The monoisotopic (exact) mass is 397 g/mol. The largest absolute Gasteiger partial charge is 0.494 e. The van der Waals surface area contributed by atoms with Crippen LogP contribution in [0, 0.1) is 0 Å². The number of hydrogen-bond acceptors (Lipinski definition) is 7. The maximum atomic E-state index is 12.3. The first-order chi connectivity index (χ1) is 13.6. The lowest BCUT2D eigenvalue weighted by atomic mass is 10.2. The smallest absolute Gasteiger partial charge is 0.308 e. The minimum absolute atomic E-state index is 0.301. The molecule has 0 saturated carbocycles. The summed E-state index contributed by atoms with van der Waals surface area (Å²) >= 11 is 1.33. The number of para-hydroxylation sites is 1. The molecule has 0 aliphatic heterocycles. The SMILES string of the molecule is CC(=O)Oc1ccc(C(=O)Nc2nnc(CCCOc3ccccc3)s2)cc1. The fourth-order valence-electron chi connectivity index (χ4n) is 2.34. The van der Waals surface area contributed by atoms with Gasteiger partial charge in [-0.1, -0.05) is 29.5 Å². The molecule has 0 bridgehead atoms. The molecule has 2 aromatic carbocycles. The van der Waals surface area contributed by atoms with Crippen molar-refractivity contribution in [3.8, 4) is 11.5 Å². The van der Waals surface area contributed by atoms with Crippen molar-refractivity contribution in [2.45, 2.75) is 19.8 Å². The van der Waals surface area contributed by atoms with Gasteiger partial charge in [0.2, 0.25) is 5.13 Å². The number of rotatable bonds is 8. The van der Waals surface area contributed by atoms with Crippen molar-refractivity contribution < 1.29 is 19.1 Å². The maximum absolute atomic E-state index is 12.3. The van der Waals surface area contributed by atoms with E-state index in [4.69, 9.17) is 9.47 Å². The number of amides is 1. The summed E-state index contributed by atoms with van der Waals surface area (Å²) in [5.41, 5.74) is 0.434. The van der Waals surface area contributed by atoms with Gasteiger partial charge in [0.05, 0.1) is 6.61 Å². The van der Waals surface area contributed by atoms with E-state index in [1.165, 1.54) is 18.3 Å². The average molecular weight is 397 g/mol. The predicted molar refractivity (Wildman–Crippen MR) is 106 cm³/mol. The summed E-state index contributed by atoms with van der Waals surface area (Å²) in [6.07, 6.45) is 1.52. The minimum Gasteiger partial charge on any atom is -0.494 e. The number of hydrogen-bond donors (Lipinski definition) is 1. The molecule has 0 fully saturated rings. The topological polar surface area (TPSA) is 90.4 Å². The Bertz CT molecular complexity index is 926. The molecule has 0 saturated heterocycles. The molecule has 7 nitrogen and oxygen atoms in total.